The molecular weight excluding hydrogens is 832 g/mol. The van der Waals surface area contributed by atoms with Crippen LogP contribution in [0.2, 0.25) is 0 Å². The van der Waals surface area contributed by atoms with E-state index in [9.17, 15) is 31.0 Å². The Morgan fingerprint density at radius 2 is 0.950 bits per heavy atom. The summed E-state index contributed by atoms with van der Waals surface area (Å²) in [6, 6.07) is 29.6. The molecule has 0 saturated heterocycles. The predicted molar refractivity (Wildman–Crippen MR) is 223 cm³/mol. The van der Waals surface area contributed by atoms with Crippen molar-refractivity contribution < 1.29 is 40.0 Å². The van der Waals surface area contributed by atoms with Gasteiger partial charge >= 0.3 is 8.25 Å². The number of sulfonamides is 2. The molecule has 0 fully saturated rings. The summed E-state index contributed by atoms with van der Waals surface area (Å²) in [5.74, 6) is -1.31. The van der Waals surface area contributed by atoms with E-state index < -0.39 is 52.6 Å². The Morgan fingerprint density at radius 3 is 1.25 bits per heavy atom. The molecule has 2 aromatic heterocycles. The number of carbonyl (C=O) groups excluding carboxylic acids is 2. The van der Waals surface area contributed by atoms with Crippen molar-refractivity contribution in [2.75, 3.05) is 0 Å². The van der Waals surface area contributed by atoms with Gasteiger partial charge in [-0.15, -0.1) is 0 Å². The van der Waals surface area contributed by atoms with Crippen LogP contribution in [-0.4, -0.2) is 60.7 Å². The lowest BCUT2D eigenvalue weighted by Crippen LogP contribution is -2.37. The minimum absolute atomic E-state index is 0.0113. The first-order valence-electron chi connectivity index (χ1n) is 18.5. The fourth-order valence-electron chi connectivity index (χ4n) is 5.87. The third-order valence-corrected chi connectivity index (χ3v) is 11.9. The van der Waals surface area contributed by atoms with E-state index in [0.717, 1.165) is 22.3 Å². The van der Waals surface area contributed by atoms with Crippen LogP contribution >= 0.6 is 8.25 Å². The van der Waals surface area contributed by atoms with Gasteiger partial charge in [0.1, 0.15) is 0 Å². The topological polar surface area (TPSA) is 250 Å². The van der Waals surface area contributed by atoms with Crippen LogP contribution in [0.4, 0.5) is 0 Å². The first-order valence-corrected chi connectivity index (χ1v) is 22.7. The number of hydrogen-bond donors (Lipinski definition) is 4. The maximum Gasteiger partial charge on any atom is 0.701 e. The standard InChI is InChI=1S/C40H41N8O9PS2/c1-5-37(43-39(49)33-23-35(27-11-7-25(3)8-12-27)47(45-33)29-15-19-31(20-16-29)59(41,52)53)56-58(51)57-38(6-2)44-40(50)34-24-36(28-13-9-26(4)10-14-28)48(46-34)30-17-21-32(22-18-30)60(42,54)55/h7-24,37-38H,5-6H2,1-4H3,(H5-,41,42,43,44,49,50,52,53,54,55)/p+1. The minimum Gasteiger partial charge on any atom is -0.321 e. The van der Waals surface area contributed by atoms with Gasteiger partial charge in [0.2, 0.25) is 20.0 Å². The number of rotatable bonds is 16. The molecule has 0 bridgehead atoms. The Morgan fingerprint density at radius 1 is 0.617 bits per heavy atom. The lowest BCUT2D eigenvalue weighted by Gasteiger charge is -2.12. The SMILES string of the molecule is CCC(NC(=O)c1cc(-c2ccc(C)cc2)n(-c2ccc(S(N)(=O)=O)cc2)n1)O[P+](=O)OC(CC)NC(=O)c1cc(-c2ccc(C)cc2)n(-c2ccc(S(N)(=O)=O)cc2)n1. The Bertz CT molecular complexity index is 2570. The van der Waals surface area contributed by atoms with E-state index >= 15 is 0 Å². The highest BCUT2D eigenvalue weighted by Crippen LogP contribution is 2.31. The van der Waals surface area contributed by atoms with Gasteiger partial charge in [0, 0.05) is 15.7 Å². The fraction of sp³-hybridized carbons (Fsp3) is 0.200. The molecule has 0 radical (unpaired) electrons. The molecule has 2 atom stereocenters. The Balaban J connectivity index is 1.15. The van der Waals surface area contributed by atoms with E-state index in [1.54, 1.807) is 26.0 Å². The summed E-state index contributed by atoms with van der Waals surface area (Å²) >= 11 is 0. The molecule has 60 heavy (non-hydrogen) atoms. The normalized spacial score (nSPS) is 13.1. The van der Waals surface area contributed by atoms with Crippen LogP contribution in [-0.2, 0) is 33.7 Å². The molecule has 0 aliphatic heterocycles. The molecule has 312 valence electrons. The first kappa shape index (κ1) is 43.7. The van der Waals surface area contributed by atoms with E-state index in [4.69, 9.17) is 19.3 Å². The number of nitrogens with one attached hydrogen (secondary N) is 2. The van der Waals surface area contributed by atoms with Crippen LogP contribution in [0.5, 0.6) is 0 Å². The number of benzene rings is 4. The molecule has 0 aliphatic carbocycles. The maximum absolute atomic E-state index is 13.6. The van der Waals surface area contributed by atoms with E-state index in [0.29, 0.717) is 22.8 Å². The van der Waals surface area contributed by atoms with Crippen molar-refractivity contribution in [2.45, 2.75) is 62.8 Å². The Hall–Kier alpha value is -5.92. The second-order valence-electron chi connectivity index (χ2n) is 13.6. The average Bonchev–Trinajstić information content (AvgIpc) is 3.87. The second kappa shape index (κ2) is 18.1. The second-order valence-corrected chi connectivity index (χ2v) is 17.6. The summed E-state index contributed by atoms with van der Waals surface area (Å²) in [5.41, 5.74) is 5.45. The van der Waals surface area contributed by atoms with Crippen molar-refractivity contribution in [1.82, 2.24) is 30.2 Å². The van der Waals surface area contributed by atoms with E-state index in [1.807, 2.05) is 62.4 Å². The average molecular weight is 874 g/mol. The van der Waals surface area contributed by atoms with Gasteiger partial charge < -0.3 is 10.6 Å². The van der Waals surface area contributed by atoms with Gasteiger partial charge in [0.25, 0.3) is 11.8 Å². The number of aromatic nitrogens is 4. The maximum atomic E-state index is 13.6. The molecule has 0 spiro atoms. The van der Waals surface area contributed by atoms with Crippen LogP contribution in [0.15, 0.2) is 119 Å². The Labute approximate surface area is 347 Å². The summed E-state index contributed by atoms with van der Waals surface area (Å²) in [6.07, 6.45) is -1.83. The molecule has 6 rings (SSSR count). The molecule has 6 N–H and O–H groups in total. The summed E-state index contributed by atoms with van der Waals surface area (Å²) in [7, 11) is -10.8. The quantitative estimate of drug-likeness (QED) is 0.0686. The lowest BCUT2D eigenvalue weighted by molar-refractivity contribution is 0.0678. The lowest BCUT2D eigenvalue weighted by atomic mass is 10.1. The molecule has 20 heteroatoms. The van der Waals surface area contributed by atoms with Crippen LogP contribution in [0.25, 0.3) is 33.9 Å². The van der Waals surface area contributed by atoms with Crippen LogP contribution in [0.3, 0.4) is 0 Å². The number of amides is 2. The molecule has 2 unspecified atom stereocenters. The third-order valence-electron chi connectivity index (χ3n) is 9.15. The number of nitrogens with two attached hydrogens (primary N) is 2. The number of hydrogen-bond acceptors (Lipinski definition) is 11. The van der Waals surface area contributed by atoms with E-state index in [2.05, 4.69) is 20.8 Å². The molecule has 4 aromatic carbocycles. The number of primary sulfonamides is 2. The van der Waals surface area contributed by atoms with Crippen molar-refractivity contribution in [2.24, 2.45) is 10.3 Å². The third kappa shape index (κ3) is 10.4. The fourth-order valence-corrected chi connectivity index (χ4v) is 7.77. The summed E-state index contributed by atoms with van der Waals surface area (Å²) < 4.78 is 74.7. The molecule has 6 aromatic rings. The van der Waals surface area contributed by atoms with Crippen LogP contribution < -0.4 is 20.9 Å². The van der Waals surface area contributed by atoms with Crippen LogP contribution in [0, 0.1) is 13.8 Å². The largest absolute Gasteiger partial charge is 0.701 e. The molecule has 0 saturated carbocycles. The molecular formula is C40H42N8O9PS2+. The molecule has 17 nitrogen and oxygen atoms in total. The smallest absolute Gasteiger partial charge is 0.321 e. The number of nitrogens with zero attached hydrogens (tertiary/aromatic N) is 4. The van der Waals surface area contributed by atoms with Gasteiger partial charge in [-0.1, -0.05) is 82.6 Å². The molecule has 2 amide bonds. The zero-order valence-corrected chi connectivity index (χ0v) is 35.4. The first-order chi connectivity index (χ1) is 28.4. The van der Waals surface area contributed by atoms with Gasteiger partial charge in [-0.25, -0.2) is 36.5 Å². The highest BCUT2D eigenvalue weighted by molar-refractivity contribution is 7.89. The van der Waals surface area contributed by atoms with Gasteiger partial charge in [-0.3, -0.25) is 9.59 Å². The number of carbonyl (C=O) groups is 2. The highest BCUT2D eigenvalue weighted by Gasteiger charge is 2.33. The Kier molecular flexibility index (Phi) is 13.2. The summed E-state index contributed by atoms with van der Waals surface area (Å²) in [5, 5.41) is 24.9. The van der Waals surface area contributed by atoms with Crippen molar-refractivity contribution in [1.29, 1.82) is 0 Å². The minimum atomic E-state index is -3.94. The van der Waals surface area contributed by atoms with Crippen molar-refractivity contribution in [3.05, 3.63) is 132 Å². The van der Waals surface area contributed by atoms with Crippen molar-refractivity contribution in [3.63, 3.8) is 0 Å². The highest BCUT2D eigenvalue weighted by atomic mass is 32.2. The van der Waals surface area contributed by atoms with Crippen LogP contribution in [0.1, 0.15) is 58.8 Å². The van der Waals surface area contributed by atoms with E-state index in [1.165, 1.54) is 57.9 Å². The van der Waals surface area contributed by atoms with Gasteiger partial charge in [0.05, 0.1) is 32.6 Å². The monoisotopic (exact) mass is 873 g/mol. The molecule has 0 aliphatic rings. The zero-order chi connectivity index (χ0) is 43.4. The van der Waals surface area contributed by atoms with Gasteiger partial charge in [-0.05, 0) is 87.4 Å². The van der Waals surface area contributed by atoms with Crippen molar-refractivity contribution >= 4 is 40.1 Å². The number of aryl methyl sites for hydroxylation is 2. The molecule has 2 heterocycles. The van der Waals surface area contributed by atoms with Crippen molar-refractivity contribution in [3.8, 4) is 33.9 Å². The van der Waals surface area contributed by atoms with Gasteiger partial charge in [0.15, 0.2) is 23.8 Å². The van der Waals surface area contributed by atoms with Gasteiger partial charge in [-0.2, -0.15) is 10.2 Å². The van der Waals surface area contributed by atoms with E-state index in [-0.39, 0.29) is 34.0 Å². The summed E-state index contributed by atoms with van der Waals surface area (Å²) in [6.45, 7) is 7.26. The predicted octanol–water partition coefficient (Wildman–Crippen LogP) is 5.63. The summed E-state index contributed by atoms with van der Waals surface area (Å²) in [4.78, 5) is 26.9. The zero-order valence-electron chi connectivity index (χ0n) is 32.8.